The number of hydrogen-bond donors (Lipinski definition) is 2. The molecule has 5 rings (SSSR count). The second kappa shape index (κ2) is 9.97. The Kier molecular flexibility index (Phi) is 6.59. The summed E-state index contributed by atoms with van der Waals surface area (Å²) in [6, 6.07) is 21.6. The molecule has 1 aliphatic heterocycles. The zero-order valence-electron chi connectivity index (χ0n) is 21.1. The van der Waals surface area contributed by atoms with E-state index in [0.717, 1.165) is 39.5 Å². The van der Waals surface area contributed by atoms with Gasteiger partial charge in [-0.1, -0.05) is 36.4 Å². The van der Waals surface area contributed by atoms with Gasteiger partial charge in [0.25, 0.3) is 0 Å². The highest BCUT2D eigenvalue weighted by molar-refractivity contribution is 6.01. The third-order valence-electron chi connectivity index (χ3n) is 6.78. The summed E-state index contributed by atoms with van der Waals surface area (Å²) in [5, 5.41) is 7.25. The number of carbonyl (C=O) groups excluding carboxylic acids is 1. The summed E-state index contributed by atoms with van der Waals surface area (Å²) >= 11 is 0. The van der Waals surface area contributed by atoms with E-state index in [1.54, 1.807) is 14.2 Å². The van der Waals surface area contributed by atoms with Gasteiger partial charge in [0.2, 0.25) is 0 Å². The number of nitrogens with one attached hydrogen (secondary N) is 2. The Morgan fingerprint density at radius 2 is 1.56 bits per heavy atom. The zero-order valence-corrected chi connectivity index (χ0v) is 21.1. The van der Waals surface area contributed by atoms with E-state index in [2.05, 4.69) is 10.6 Å². The third kappa shape index (κ3) is 4.51. The van der Waals surface area contributed by atoms with Crippen molar-refractivity contribution in [2.45, 2.75) is 44.8 Å². The number of anilines is 2. The number of rotatable bonds is 6. The first-order chi connectivity index (χ1) is 17.5. The van der Waals surface area contributed by atoms with Gasteiger partial charge in [0.05, 0.1) is 37.7 Å². The van der Waals surface area contributed by atoms with E-state index in [1.165, 1.54) is 0 Å². The SMILES string of the molecule is COc1ccc([C@@H]2CC(=O)C3=C(C2)Nc2ccccc2N[C@@H]3c2ccccc2OC(C)C)cc1OC. The first-order valence-electron chi connectivity index (χ1n) is 12.3. The van der Waals surface area contributed by atoms with Crippen LogP contribution in [0.4, 0.5) is 11.4 Å². The molecular formula is C30H32N2O4. The van der Waals surface area contributed by atoms with Gasteiger partial charge in [-0.25, -0.2) is 0 Å². The molecule has 0 unspecified atom stereocenters. The minimum absolute atomic E-state index is 0.0206. The van der Waals surface area contributed by atoms with Crippen LogP contribution in [-0.4, -0.2) is 26.1 Å². The van der Waals surface area contributed by atoms with Gasteiger partial charge in [-0.3, -0.25) is 4.79 Å². The summed E-state index contributed by atoms with van der Waals surface area (Å²) in [7, 11) is 3.25. The van der Waals surface area contributed by atoms with Crippen LogP contribution in [0.3, 0.4) is 0 Å². The fourth-order valence-corrected chi connectivity index (χ4v) is 5.15. The molecule has 0 fully saturated rings. The second-order valence-electron chi connectivity index (χ2n) is 9.49. The van der Waals surface area contributed by atoms with Crippen molar-refractivity contribution in [2.75, 3.05) is 24.9 Å². The van der Waals surface area contributed by atoms with Crippen LogP contribution in [0.25, 0.3) is 0 Å². The van der Waals surface area contributed by atoms with Gasteiger partial charge in [0.15, 0.2) is 17.3 Å². The van der Waals surface area contributed by atoms with Gasteiger partial charge in [0.1, 0.15) is 5.75 Å². The molecule has 2 N–H and O–H groups in total. The fourth-order valence-electron chi connectivity index (χ4n) is 5.15. The highest BCUT2D eigenvalue weighted by Gasteiger charge is 2.37. The van der Waals surface area contributed by atoms with E-state index in [1.807, 2.05) is 80.6 Å². The van der Waals surface area contributed by atoms with Gasteiger partial charge < -0.3 is 24.8 Å². The van der Waals surface area contributed by atoms with E-state index in [0.29, 0.717) is 24.3 Å². The number of fused-ring (bicyclic) bond motifs is 1. The maximum Gasteiger partial charge on any atom is 0.163 e. The largest absolute Gasteiger partial charge is 0.493 e. The molecule has 2 atom stereocenters. The molecule has 0 saturated carbocycles. The van der Waals surface area contributed by atoms with Crippen molar-refractivity contribution < 1.29 is 19.0 Å². The normalized spacial score (nSPS) is 19.0. The first kappa shape index (κ1) is 23.8. The molecule has 0 saturated heterocycles. The van der Waals surface area contributed by atoms with E-state index in [9.17, 15) is 4.79 Å². The lowest BCUT2D eigenvalue weighted by Crippen LogP contribution is -2.27. The minimum Gasteiger partial charge on any atom is -0.493 e. The van der Waals surface area contributed by atoms with Crippen molar-refractivity contribution in [1.82, 2.24) is 0 Å². The average Bonchev–Trinajstić information content (AvgIpc) is 3.05. The molecule has 0 aromatic heterocycles. The topological polar surface area (TPSA) is 68.8 Å². The quantitative estimate of drug-likeness (QED) is 0.418. The maximum atomic E-state index is 13.9. The number of para-hydroxylation sites is 3. The Hall–Kier alpha value is -3.93. The molecule has 1 heterocycles. The number of methoxy groups -OCH3 is 2. The number of benzene rings is 3. The lowest BCUT2D eigenvalue weighted by molar-refractivity contribution is -0.116. The molecule has 0 radical (unpaired) electrons. The second-order valence-corrected chi connectivity index (χ2v) is 9.49. The summed E-state index contributed by atoms with van der Waals surface area (Å²) in [5.74, 6) is 2.27. The Labute approximate surface area is 212 Å². The predicted octanol–water partition coefficient (Wildman–Crippen LogP) is 6.47. The molecule has 3 aromatic rings. The third-order valence-corrected chi connectivity index (χ3v) is 6.78. The predicted molar refractivity (Wildman–Crippen MR) is 142 cm³/mol. The van der Waals surface area contributed by atoms with Crippen LogP contribution in [0.1, 0.15) is 49.8 Å². The number of ether oxygens (including phenoxy) is 3. The average molecular weight is 485 g/mol. The number of allylic oxidation sites excluding steroid dienone is 1. The van der Waals surface area contributed by atoms with Crippen molar-refractivity contribution in [1.29, 1.82) is 0 Å². The fraction of sp³-hybridized carbons (Fsp3) is 0.300. The van der Waals surface area contributed by atoms with Crippen LogP contribution in [0.5, 0.6) is 17.2 Å². The molecule has 186 valence electrons. The van der Waals surface area contributed by atoms with E-state index in [-0.39, 0.29) is 23.8 Å². The van der Waals surface area contributed by atoms with Crippen molar-refractivity contribution >= 4 is 17.2 Å². The molecule has 0 amide bonds. The minimum atomic E-state index is -0.329. The monoisotopic (exact) mass is 484 g/mol. The lowest BCUT2D eigenvalue weighted by Gasteiger charge is -2.31. The number of ketones is 1. The molecule has 1 aliphatic carbocycles. The highest BCUT2D eigenvalue weighted by atomic mass is 16.5. The first-order valence-corrected chi connectivity index (χ1v) is 12.3. The van der Waals surface area contributed by atoms with Crippen molar-refractivity contribution in [3.05, 3.63) is 89.1 Å². The maximum absolute atomic E-state index is 13.9. The Morgan fingerprint density at radius 1 is 0.833 bits per heavy atom. The van der Waals surface area contributed by atoms with Crippen LogP contribution >= 0.6 is 0 Å². The van der Waals surface area contributed by atoms with Gasteiger partial charge in [-0.2, -0.15) is 0 Å². The van der Waals surface area contributed by atoms with Gasteiger partial charge in [-0.15, -0.1) is 0 Å². The standard InChI is InChI=1S/C30H32N2O4/c1-18(2)36-26-12-8-5-9-21(26)30-29-24(31-22-10-6-7-11-23(22)32-30)15-20(16-25(29)33)19-13-14-27(34-3)28(17-19)35-4/h5-14,17-18,20,30-32H,15-16H2,1-4H3/t20-,30+/m0/s1. The van der Waals surface area contributed by atoms with Gasteiger partial charge >= 0.3 is 0 Å². The highest BCUT2D eigenvalue weighted by Crippen LogP contribution is 2.46. The Morgan fingerprint density at radius 3 is 2.31 bits per heavy atom. The molecule has 2 aliphatic rings. The Balaban J connectivity index is 1.60. The smallest absolute Gasteiger partial charge is 0.163 e. The lowest BCUT2D eigenvalue weighted by atomic mass is 9.78. The molecule has 3 aromatic carbocycles. The molecule has 6 heteroatoms. The Bertz CT molecular complexity index is 1310. The summed E-state index contributed by atoms with van der Waals surface area (Å²) in [6.45, 7) is 4.02. The van der Waals surface area contributed by atoms with Crippen molar-refractivity contribution in [3.63, 3.8) is 0 Å². The van der Waals surface area contributed by atoms with Gasteiger partial charge in [0, 0.05) is 23.3 Å². The number of carbonyl (C=O) groups is 1. The summed E-state index contributed by atoms with van der Waals surface area (Å²) in [5.41, 5.74) is 5.62. The molecule has 0 spiro atoms. The molecular weight excluding hydrogens is 452 g/mol. The van der Waals surface area contributed by atoms with Gasteiger partial charge in [-0.05, 0) is 62.1 Å². The molecule has 6 nitrogen and oxygen atoms in total. The van der Waals surface area contributed by atoms with Crippen molar-refractivity contribution in [3.8, 4) is 17.2 Å². The molecule has 0 bridgehead atoms. The van der Waals surface area contributed by atoms with Crippen molar-refractivity contribution in [2.24, 2.45) is 0 Å². The summed E-state index contributed by atoms with van der Waals surface area (Å²) < 4.78 is 17.1. The van der Waals surface area contributed by atoms with Crippen LogP contribution in [0.2, 0.25) is 0 Å². The van der Waals surface area contributed by atoms with Crippen LogP contribution < -0.4 is 24.8 Å². The van der Waals surface area contributed by atoms with Crippen LogP contribution in [0, 0.1) is 0 Å². The van der Waals surface area contributed by atoms with E-state index < -0.39 is 0 Å². The number of Topliss-reactive ketones (excluding diaryl/α,β-unsaturated/α-hetero) is 1. The molecule has 36 heavy (non-hydrogen) atoms. The van der Waals surface area contributed by atoms with E-state index >= 15 is 0 Å². The number of hydrogen-bond acceptors (Lipinski definition) is 6. The van der Waals surface area contributed by atoms with Crippen LogP contribution in [-0.2, 0) is 4.79 Å². The summed E-state index contributed by atoms with van der Waals surface area (Å²) in [4.78, 5) is 13.9. The van der Waals surface area contributed by atoms with Crippen LogP contribution in [0.15, 0.2) is 78.0 Å². The summed E-state index contributed by atoms with van der Waals surface area (Å²) in [6.07, 6.45) is 1.14. The zero-order chi connectivity index (χ0) is 25.2. The van der Waals surface area contributed by atoms with E-state index in [4.69, 9.17) is 14.2 Å².